The fourth-order valence-electron chi connectivity index (χ4n) is 4.20. The summed E-state index contributed by atoms with van der Waals surface area (Å²) >= 11 is 1.02. The van der Waals surface area contributed by atoms with Crippen LogP contribution >= 0.6 is 11.3 Å². The maximum atomic E-state index is 13.3. The van der Waals surface area contributed by atoms with E-state index in [9.17, 15) is 14.4 Å². The Morgan fingerprint density at radius 2 is 1.34 bits per heavy atom. The molecule has 6 nitrogen and oxygen atoms in total. The zero-order chi connectivity index (χ0) is 26.9. The van der Waals surface area contributed by atoms with E-state index in [1.165, 1.54) is 0 Å². The second kappa shape index (κ2) is 12.8. The van der Waals surface area contributed by atoms with Gasteiger partial charge in [0.15, 0.2) is 0 Å². The Labute approximate surface area is 226 Å². The molecule has 4 rings (SSSR count). The predicted molar refractivity (Wildman–Crippen MR) is 149 cm³/mol. The molecule has 0 radical (unpaired) electrons. The van der Waals surface area contributed by atoms with Crippen molar-refractivity contribution in [2.45, 2.75) is 32.8 Å². The van der Waals surface area contributed by atoms with Crippen LogP contribution in [0, 0.1) is 6.92 Å². The fourth-order valence-corrected chi connectivity index (χ4v) is 5.30. The zero-order valence-corrected chi connectivity index (χ0v) is 22.1. The van der Waals surface area contributed by atoms with Crippen LogP contribution in [-0.2, 0) is 20.9 Å². The third-order valence-corrected chi connectivity index (χ3v) is 7.26. The lowest BCUT2D eigenvalue weighted by Gasteiger charge is -2.18. The van der Waals surface area contributed by atoms with Gasteiger partial charge < -0.3 is 14.8 Å². The quantitative estimate of drug-likeness (QED) is 0.231. The highest BCUT2D eigenvalue weighted by Crippen LogP contribution is 2.36. The molecule has 7 heteroatoms. The predicted octanol–water partition coefficient (Wildman–Crippen LogP) is 6.75. The number of rotatable bonds is 10. The van der Waals surface area contributed by atoms with Crippen LogP contribution in [0.4, 0.5) is 5.00 Å². The van der Waals surface area contributed by atoms with Crippen LogP contribution in [-0.4, -0.2) is 24.5 Å². The first-order valence-electron chi connectivity index (χ1n) is 12.4. The molecule has 1 N–H and O–H groups in total. The number of benzene rings is 3. The molecule has 0 unspecified atom stereocenters. The van der Waals surface area contributed by atoms with Gasteiger partial charge in [-0.1, -0.05) is 91.0 Å². The highest BCUT2D eigenvalue weighted by molar-refractivity contribution is 7.18. The SMILES string of the molecule is CCOC(=O)c1c(NC(=O)CC(c2ccccc2)c2ccccc2)sc(C(=O)OCc2ccccc2)c1C. The first-order valence-corrected chi connectivity index (χ1v) is 13.2. The molecule has 194 valence electrons. The number of hydrogen-bond donors (Lipinski definition) is 1. The third kappa shape index (κ3) is 6.55. The minimum atomic E-state index is -0.596. The Hall–Kier alpha value is -4.23. The molecule has 1 heterocycles. The van der Waals surface area contributed by atoms with Gasteiger partial charge in [0.25, 0.3) is 0 Å². The van der Waals surface area contributed by atoms with E-state index in [1.807, 2.05) is 91.0 Å². The summed E-state index contributed by atoms with van der Waals surface area (Å²) in [6.07, 6.45) is 0.154. The molecule has 1 aromatic heterocycles. The van der Waals surface area contributed by atoms with Crippen LogP contribution < -0.4 is 5.32 Å². The van der Waals surface area contributed by atoms with Crippen LogP contribution in [0.3, 0.4) is 0 Å². The number of anilines is 1. The summed E-state index contributed by atoms with van der Waals surface area (Å²) < 4.78 is 10.7. The molecule has 1 amide bonds. The van der Waals surface area contributed by atoms with Gasteiger partial charge in [0.05, 0.1) is 12.2 Å². The second-order valence-corrected chi connectivity index (χ2v) is 9.69. The first kappa shape index (κ1) is 26.8. The lowest BCUT2D eigenvalue weighted by Crippen LogP contribution is -2.18. The van der Waals surface area contributed by atoms with Gasteiger partial charge >= 0.3 is 11.9 Å². The van der Waals surface area contributed by atoms with Crippen molar-refractivity contribution in [2.24, 2.45) is 0 Å². The Morgan fingerprint density at radius 1 is 0.789 bits per heavy atom. The molecule has 0 bridgehead atoms. The van der Waals surface area contributed by atoms with Crippen molar-refractivity contribution < 1.29 is 23.9 Å². The van der Waals surface area contributed by atoms with E-state index in [-0.39, 0.29) is 46.9 Å². The molecule has 0 saturated heterocycles. The van der Waals surface area contributed by atoms with Gasteiger partial charge in [-0.15, -0.1) is 11.3 Å². The number of amides is 1. The minimum absolute atomic E-state index is 0.100. The van der Waals surface area contributed by atoms with E-state index in [4.69, 9.17) is 9.47 Å². The first-order chi connectivity index (χ1) is 18.5. The molecule has 0 fully saturated rings. The van der Waals surface area contributed by atoms with Gasteiger partial charge in [-0.3, -0.25) is 4.79 Å². The van der Waals surface area contributed by atoms with Gasteiger partial charge in [-0.25, -0.2) is 9.59 Å². The molecule has 0 saturated carbocycles. The van der Waals surface area contributed by atoms with E-state index in [0.29, 0.717) is 5.56 Å². The molecule has 0 spiro atoms. The summed E-state index contributed by atoms with van der Waals surface area (Å²) in [5, 5.41) is 3.16. The molecule has 4 aromatic rings. The van der Waals surface area contributed by atoms with Crippen molar-refractivity contribution >= 4 is 34.2 Å². The molecule has 0 aliphatic heterocycles. The number of hydrogen-bond acceptors (Lipinski definition) is 6. The van der Waals surface area contributed by atoms with Crippen molar-refractivity contribution in [1.82, 2.24) is 0 Å². The summed E-state index contributed by atoms with van der Waals surface area (Å²) in [7, 11) is 0. The fraction of sp³-hybridized carbons (Fsp3) is 0.194. The second-order valence-electron chi connectivity index (χ2n) is 8.67. The zero-order valence-electron chi connectivity index (χ0n) is 21.3. The van der Waals surface area contributed by atoms with Gasteiger partial charge in [-0.05, 0) is 36.1 Å². The molecular weight excluding hydrogens is 498 g/mol. The average molecular weight is 528 g/mol. The topological polar surface area (TPSA) is 81.7 Å². The van der Waals surface area contributed by atoms with Crippen molar-refractivity contribution in [3.63, 3.8) is 0 Å². The average Bonchev–Trinajstić information content (AvgIpc) is 3.27. The molecular formula is C31H29NO5S. The van der Waals surface area contributed by atoms with Crippen molar-refractivity contribution in [3.8, 4) is 0 Å². The summed E-state index contributed by atoms with van der Waals surface area (Å²) in [6, 6.07) is 28.9. The highest BCUT2D eigenvalue weighted by Gasteiger charge is 2.28. The Kier molecular flexibility index (Phi) is 9.06. The number of ether oxygens (including phenoxy) is 2. The minimum Gasteiger partial charge on any atom is -0.462 e. The molecule has 3 aromatic carbocycles. The largest absolute Gasteiger partial charge is 0.462 e. The van der Waals surface area contributed by atoms with Crippen molar-refractivity contribution in [3.05, 3.63) is 124 Å². The van der Waals surface area contributed by atoms with Gasteiger partial charge in [0, 0.05) is 12.3 Å². The summed E-state index contributed by atoms with van der Waals surface area (Å²) in [4.78, 5) is 39.4. The molecule has 0 atom stereocenters. The number of esters is 2. The van der Waals surface area contributed by atoms with Gasteiger partial charge in [-0.2, -0.15) is 0 Å². The summed E-state index contributed by atoms with van der Waals surface area (Å²) in [6.45, 7) is 3.63. The smallest absolute Gasteiger partial charge is 0.349 e. The maximum absolute atomic E-state index is 13.3. The number of thiophene rings is 1. The van der Waals surface area contributed by atoms with Crippen LogP contribution in [0.2, 0.25) is 0 Å². The Morgan fingerprint density at radius 3 is 1.89 bits per heavy atom. The van der Waals surface area contributed by atoms with Crippen LogP contribution in [0.15, 0.2) is 91.0 Å². The maximum Gasteiger partial charge on any atom is 0.349 e. The normalized spacial score (nSPS) is 10.7. The molecule has 0 aliphatic carbocycles. The van der Waals surface area contributed by atoms with E-state index in [0.717, 1.165) is 28.0 Å². The van der Waals surface area contributed by atoms with Crippen LogP contribution in [0.1, 0.15) is 61.5 Å². The number of nitrogens with one attached hydrogen (secondary N) is 1. The summed E-state index contributed by atoms with van der Waals surface area (Å²) in [5.74, 6) is -1.62. The van der Waals surface area contributed by atoms with E-state index >= 15 is 0 Å². The van der Waals surface area contributed by atoms with E-state index in [2.05, 4.69) is 5.32 Å². The molecule has 38 heavy (non-hydrogen) atoms. The van der Waals surface area contributed by atoms with E-state index < -0.39 is 11.9 Å². The Bertz CT molecular complexity index is 1340. The monoisotopic (exact) mass is 527 g/mol. The lowest BCUT2D eigenvalue weighted by molar-refractivity contribution is -0.116. The van der Waals surface area contributed by atoms with E-state index in [1.54, 1.807) is 13.8 Å². The van der Waals surface area contributed by atoms with Crippen LogP contribution in [0.25, 0.3) is 0 Å². The Balaban J connectivity index is 1.58. The van der Waals surface area contributed by atoms with Gasteiger partial charge in [0.2, 0.25) is 5.91 Å². The molecule has 0 aliphatic rings. The highest BCUT2D eigenvalue weighted by atomic mass is 32.1. The lowest BCUT2D eigenvalue weighted by atomic mass is 9.88. The van der Waals surface area contributed by atoms with Crippen molar-refractivity contribution in [1.29, 1.82) is 0 Å². The standard InChI is InChI=1S/C31H29NO5S/c1-3-36-30(34)27-21(2)28(31(35)37-20-22-13-7-4-8-14-22)38-29(27)32-26(33)19-25(23-15-9-5-10-16-23)24-17-11-6-12-18-24/h4-18,25H,3,19-20H2,1-2H3,(H,32,33). The van der Waals surface area contributed by atoms with Crippen molar-refractivity contribution in [2.75, 3.05) is 11.9 Å². The summed E-state index contributed by atoms with van der Waals surface area (Å²) in [5.41, 5.74) is 3.46. The van der Waals surface area contributed by atoms with Gasteiger partial charge in [0.1, 0.15) is 16.5 Å². The number of carbonyl (C=O) groups excluding carboxylic acids is 3. The van der Waals surface area contributed by atoms with Crippen LogP contribution in [0.5, 0.6) is 0 Å². The third-order valence-electron chi connectivity index (χ3n) is 6.07. The number of carbonyl (C=O) groups is 3.